The Balaban J connectivity index is 1.62. The molecule has 0 spiro atoms. The highest BCUT2D eigenvalue weighted by Crippen LogP contribution is 2.37. The Bertz CT molecular complexity index is 1200. The second-order valence-corrected chi connectivity index (χ2v) is 8.41. The molecule has 1 saturated heterocycles. The number of fused-ring (bicyclic) bond motifs is 1. The number of carbonyl (C=O) groups is 1. The van der Waals surface area contributed by atoms with E-state index in [9.17, 15) is 28.1 Å². The number of benzene rings is 2. The van der Waals surface area contributed by atoms with Crippen LogP contribution in [0, 0.1) is 10.1 Å². The van der Waals surface area contributed by atoms with Gasteiger partial charge in [0, 0.05) is 67.8 Å². The van der Waals surface area contributed by atoms with Crippen molar-refractivity contribution in [3.8, 4) is 0 Å². The third-order valence-electron chi connectivity index (χ3n) is 6.14. The summed E-state index contributed by atoms with van der Waals surface area (Å²) >= 11 is 0. The Morgan fingerprint density at radius 3 is 2.69 bits per heavy atom. The van der Waals surface area contributed by atoms with Gasteiger partial charge in [-0.3, -0.25) is 19.8 Å². The second-order valence-electron chi connectivity index (χ2n) is 8.41. The van der Waals surface area contributed by atoms with Gasteiger partial charge in [-0.25, -0.2) is 0 Å². The van der Waals surface area contributed by atoms with Crippen LogP contribution in [-0.4, -0.2) is 60.1 Å². The van der Waals surface area contributed by atoms with Crippen LogP contribution < -0.4 is 5.32 Å². The Kier molecular flexibility index (Phi) is 7.37. The Labute approximate surface area is 199 Å². The highest BCUT2D eigenvalue weighted by Gasteiger charge is 2.32. The molecular weight excluding hydrogens is 465 g/mol. The third kappa shape index (κ3) is 5.98. The predicted molar refractivity (Wildman–Crippen MR) is 123 cm³/mol. The number of H-pyrrole nitrogens is 1. The number of carbonyl (C=O) groups excluding carboxylic acids is 1. The van der Waals surface area contributed by atoms with Gasteiger partial charge in [0.25, 0.3) is 5.69 Å². The van der Waals surface area contributed by atoms with Gasteiger partial charge >= 0.3 is 6.18 Å². The Hall–Kier alpha value is -3.44. The maximum atomic E-state index is 13.4. The summed E-state index contributed by atoms with van der Waals surface area (Å²) in [7, 11) is 0. The normalized spacial score (nSPS) is 15.7. The number of alkyl halides is 3. The van der Waals surface area contributed by atoms with E-state index in [-0.39, 0.29) is 18.0 Å². The molecule has 8 nitrogen and oxygen atoms in total. The smallest absolute Gasteiger partial charge is 0.379 e. The van der Waals surface area contributed by atoms with Crippen LogP contribution in [0.1, 0.15) is 29.0 Å². The summed E-state index contributed by atoms with van der Waals surface area (Å²) in [6.45, 7) is 3.86. The Morgan fingerprint density at radius 2 is 1.97 bits per heavy atom. The molecule has 1 fully saturated rings. The number of nitrogens with one attached hydrogen (secondary N) is 2. The Morgan fingerprint density at radius 1 is 1.20 bits per heavy atom. The van der Waals surface area contributed by atoms with Crippen molar-refractivity contribution in [1.29, 1.82) is 0 Å². The summed E-state index contributed by atoms with van der Waals surface area (Å²) in [5, 5.41) is 14.6. The number of nitrogens with zero attached hydrogens (tertiary/aromatic N) is 2. The van der Waals surface area contributed by atoms with Gasteiger partial charge in [-0.05, 0) is 23.3 Å². The summed E-state index contributed by atoms with van der Waals surface area (Å²) in [6, 6.07) is 9.11. The number of rotatable bonds is 8. The summed E-state index contributed by atoms with van der Waals surface area (Å²) in [6.07, 6.45) is -3.06. The minimum atomic E-state index is -4.54. The number of nitro benzene ring substituents is 1. The number of hydrogen-bond acceptors (Lipinski definition) is 5. The van der Waals surface area contributed by atoms with Crippen LogP contribution in [-0.2, 0) is 15.7 Å². The standard InChI is InChI=1S/C24H25F3N4O4/c25-24(26,27)17-3-1-2-16(12-17)19(14-23(32)28-6-7-30-8-10-35-11-9-30)21-15-29-22-5-4-18(31(33)34)13-20(21)22/h1-5,12-13,15,19,29H,6-11,14H2,(H,28,32)/t19-/m1/s1. The average molecular weight is 490 g/mol. The summed E-state index contributed by atoms with van der Waals surface area (Å²) in [4.78, 5) is 28.8. The van der Waals surface area contributed by atoms with E-state index in [1.807, 2.05) is 0 Å². The van der Waals surface area contributed by atoms with Crippen molar-refractivity contribution in [3.05, 3.63) is 75.5 Å². The number of halogens is 3. The molecule has 11 heteroatoms. The number of ether oxygens (including phenoxy) is 1. The number of hydrogen-bond donors (Lipinski definition) is 2. The molecule has 2 N–H and O–H groups in total. The van der Waals surface area contributed by atoms with Crippen molar-refractivity contribution in [3.63, 3.8) is 0 Å². The number of nitro groups is 1. The molecule has 1 aromatic heterocycles. The van der Waals surface area contributed by atoms with E-state index in [1.54, 1.807) is 12.3 Å². The summed E-state index contributed by atoms with van der Waals surface area (Å²) in [5.74, 6) is -1.06. The van der Waals surface area contributed by atoms with Crippen molar-refractivity contribution in [2.24, 2.45) is 0 Å². The number of aromatic nitrogens is 1. The molecule has 4 rings (SSSR count). The molecule has 0 unspecified atom stereocenters. The van der Waals surface area contributed by atoms with E-state index >= 15 is 0 Å². The predicted octanol–water partition coefficient (Wildman–Crippen LogP) is 4.07. The molecule has 1 aliphatic heterocycles. The second kappa shape index (κ2) is 10.4. The molecule has 0 bridgehead atoms. The first kappa shape index (κ1) is 24.7. The van der Waals surface area contributed by atoms with E-state index in [4.69, 9.17) is 4.74 Å². The van der Waals surface area contributed by atoms with Crippen LogP contribution in [0.4, 0.5) is 18.9 Å². The minimum Gasteiger partial charge on any atom is -0.379 e. The van der Waals surface area contributed by atoms with Gasteiger partial charge < -0.3 is 15.0 Å². The van der Waals surface area contributed by atoms with E-state index in [0.717, 1.165) is 25.2 Å². The average Bonchev–Trinajstić information content (AvgIpc) is 3.26. The van der Waals surface area contributed by atoms with E-state index in [0.29, 0.717) is 48.3 Å². The molecule has 3 aromatic rings. The minimum absolute atomic E-state index is 0.111. The number of aromatic amines is 1. The van der Waals surface area contributed by atoms with Gasteiger partial charge in [-0.1, -0.05) is 18.2 Å². The van der Waals surface area contributed by atoms with Crippen molar-refractivity contribution in [2.75, 3.05) is 39.4 Å². The molecular formula is C24H25F3N4O4. The van der Waals surface area contributed by atoms with Crippen molar-refractivity contribution in [2.45, 2.75) is 18.5 Å². The number of amides is 1. The largest absolute Gasteiger partial charge is 0.416 e. The maximum Gasteiger partial charge on any atom is 0.416 e. The lowest BCUT2D eigenvalue weighted by Crippen LogP contribution is -2.41. The van der Waals surface area contributed by atoms with Crippen LogP contribution in [0.2, 0.25) is 0 Å². The summed E-state index contributed by atoms with van der Waals surface area (Å²) < 4.78 is 45.5. The van der Waals surface area contributed by atoms with Crippen LogP contribution >= 0.6 is 0 Å². The van der Waals surface area contributed by atoms with Gasteiger partial charge in [0.1, 0.15) is 0 Å². The molecule has 35 heavy (non-hydrogen) atoms. The molecule has 2 aromatic carbocycles. The monoisotopic (exact) mass is 490 g/mol. The molecule has 1 aliphatic rings. The molecule has 0 aliphatic carbocycles. The molecule has 0 saturated carbocycles. The molecule has 2 heterocycles. The molecule has 1 atom stereocenters. The van der Waals surface area contributed by atoms with Crippen LogP contribution in [0.25, 0.3) is 10.9 Å². The zero-order valence-corrected chi connectivity index (χ0v) is 18.8. The molecule has 186 valence electrons. The lowest BCUT2D eigenvalue weighted by Gasteiger charge is -2.26. The fourth-order valence-corrected chi connectivity index (χ4v) is 4.31. The van der Waals surface area contributed by atoms with Gasteiger partial charge in [0.15, 0.2) is 0 Å². The van der Waals surface area contributed by atoms with E-state index < -0.39 is 22.6 Å². The lowest BCUT2D eigenvalue weighted by molar-refractivity contribution is -0.384. The van der Waals surface area contributed by atoms with Gasteiger partial charge in [0.05, 0.1) is 23.7 Å². The first-order valence-electron chi connectivity index (χ1n) is 11.2. The number of non-ortho nitro benzene ring substituents is 1. The molecule has 1 amide bonds. The van der Waals surface area contributed by atoms with E-state index in [1.165, 1.54) is 24.3 Å². The zero-order chi connectivity index (χ0) is 25.0. The highest BCUT2D eigenvalue weighted by molar-refractivity contribution is 5.87. The van der Waals surface area contributed by atoms with E-state index in [2.05, 4.69) is 15.2 Å². The lowest BCUT2D eigenvalue weighted by atomic mass is 9.87. The van der Waals surface area contributed by atoms with Crippen molar-refractivity contribution in [1.82, 2.24) is 15.2 Å². The third-order valence-corrected chi connectivity index (χ3v) is 6.14. The quantitative estimate of drug-likeness (QED) is 0.366. The zero-order valence-electron chi connectivity index (χ0n) is 18.8. The topological polar surface area (TPSA) is 100 Å². The van der Waals surface area contributed by atoms with Crippen molar-refractivity contribution >= 4 is 22.5 Å². The van der Waals surface area contributed by atoms with Gasteiger partial charge in [-0.2, -0.15) is 13.2 Å². The van der Waals surface area contributed by atoms with Crippen LogP contribution in [0.3, 0.4) is 0 Å². The SMILES string of the molecule is O=C(C[C@H](c1cccc(C(F)(F)F)c1)c1c[nH]c2ccc([N+](=O)[O-])cc12)NCCN1CCOCC1. The summed E-state index contributed by atoms with van der Waals surface area (Å²) in [5.41, 5.74) is 0.451. The van der Waals surface area contributed by atoms with Crippen LogP contribution in [0.15, 0.2) is 48.7 Å². The van der Waals surface area contributed by atoms with Gasteiger partial charge in [-0.15, -0.1) is 0 Å². The fourth-order valence-electron chi connectivity index (χ4n) is 4.31. The first-order chi connectivity index (χ1) is 16.7. The molecule has 0 radical (unpaired) electrons. The first-order valence-corrected chi connectivity index (χ1v) is 11.2. The van der Waals surface area contributed by atoms with Crippen molar-refractivity contribution < 1.29 is 27.6 Å². The fraction of sp³-hybridized carbons (Fsp3) is 0.375. The number of morpholine rings is 1. The maximum absolute atomic E-state index is 13.4. The van der Waals surface area contributed by atoms with Gasteiger partial charge in [0.2, 0.25) is 5.91 Å². The van der Waals surface area contributed by atoms with Crippen LogP contribution in [0.5, 0.6) is 0 Å². The highest BCUT2D eigenvalue weighted by atomic mass is 19.4.